The van der Waals surface area contributed by atoms with Crippen molar-refractivity contribution in [2.24, 2.45) is 5.92 Å². The van der Waals surface area contributed by atoms with Gasteiger partial charge >= 0.3 is 0 Å². The highest BCUT2D eigenvalue weighted by Gasteiger charge is 2.18. The molecule has 1 atom stereocenters. The maximum absolute atomic E-state index is 11.9. The van der Waals surface area contributed by atoms with Crippen LogP contribution in [0.15, 0.2) is 18.2 Å². The lowest BCUT2D eigenvalue weighted by Crippen LogP contribution is -2.36. The summed E-state index contributed by atoms with van der Waals surface area (Å²) in [6.07, 6.45) is 0. The second-order valence-electron chi connectivity index (χ2n) is 4.65. The topological polar surface area (TPSA) is 46.2 Å². The second-order valence-corrected chi connectivity index (χ2v) is 7.24. The molecule has 0 fully saturated rings. The van der Waals surface area contributed by atoms with E-state index < -0.39 is 10.0 Å². The van der Waals surface area contributed by atoms with Gasteiger partial charge in [-0.3, -0.25) is 0 Å². The Balaban J connectivity index is 2.83. The van der Waals surface area contributed by atoms with Gasteiger partial charge < -0.3 is 0 Å². The van der Waals surface area contributed by atoms with Crippen LogP contribution in [-0.4, -0.2) is 14.5 Å². The number of benzene rings is 1. The van der Waals surface area contributed by atoms with Gasteiger partial charge in [0.2, 0.25) is 10.0 Å². The SMILES string of the molecule is CC(C)[C@H](C)NS(=O)(=O)Cc1ccc(Cl)cc1Cl. The summed E-state index contributed by atoms with van der Waals surface area (Å²) >= 11 is 11.7. The largest absolute Gasteiger partial charge is 0.216 e. The average molecular weight is 310 g/mol. The summed E-state index contributed by atoms with van der Waals surface area (Å²) in [6, 6.07) is 4.69. The summed E-state index contributed by atoms with van der Waals surface area (Å²) in [6.45, 7) is 5.76. The maximum Gasteiger partial charge on any atom is 0.216 e. The van der Waals surface area contributed by atoms with Crippen molar-refractivity contribution in [3.05, 3.63) is 33.8 Å². The third-order valence-electron chi connectivity index (χ3n) is 2.73. The van der Waals surface area contributed by atoms with Gasteiger partial charge in [0, 0.05) is 16.1 Å². The average Bonchev–Trinajstić information content (AvgIpc) is 2.21. The molecule has 102 valence electrons. The van der Waals surface area contributed by atoms with Crippen LogP contribution in [0.25, 0.3) is 0 Å². The van der Waals surface area contributed by atoms with Gasteiger partial charge in [-0.2, -0.15) is 0 Å². The smallest absolute Gasteiger partial charge is 0.212 e. The first kappa shape index (κ1) is 15.8. The number of halogens is 2. The number of sulfonamides is 1. The number of rotatable bonds is 5. The molecule has 0 aliphatic carbocycles. The summed E-state index contributed by atoms with van der Waals surface area (Å²) in [5.41, 5.74) is 0.546. The van der Waals surface area contributed by atoms with Crippen molar-refractivity contribution in [2.45, 2.75) is 32.6 Å². The fourth-order valence-corrected chi connectivity index (χ4v) is 3.44. The summed E-state index contributed by atoms with van der Waals surface area (Å²) < 4.78 is 26.5. The summed E-state index contributed by atoms with van der Waals surface area (Å²) in [5.74, 6) is 0.0977. The zero-order chi connectivity index (χ0) is 13.9. The lowest BCUT2D eigenvalue weighted by molar-refractivity contribution is 0.476. The fraction of sp³-hybridized carbons (Fsp3) is 0.500. The van der Waals surface area contributed by atoms with Gasteiger partial charge in [0.1, 0.15) is 0 Å². The molecular formula is C12H17Cl2NO2S. The molecule has 0 aliphatic heterocycles. The molecule has 0 aromatic heterocycles. The fourth-order valence-electron chi connectivity index (χ4n) is 1.30. The van der Waals surface area contributed by atoms with Gasteiger partial charge in [0.05, 0.1) is 5.75 Å². The Hall–Kier alpha value is -0.290. The Kier molecular flexibility index (Phi) is 5.46. The molecule has 0 bridgehead atoms. The van der Waals surface area contributed by atoms with Crippen LogP contribution in [0.1, 0.15) is 26.3 Å². The van der Waals surface area contributed by atoms with Crippen LogP contribution >= 0.6 is 23.2 Å². The predicted octanol–water partition coefficient (Wildman–Crippen LogP) is 3.46. The Labute approximate surface area is 119 Å². The van der Waals surface area contributed by atoms with Gasteiger partial charge in [-0.25, -0.2) is 13.1 Å². The van der Waals surface area contributed by atoms with E-state index >= 15 is 0 Å². The van der Waals surface area contributed by atoms with Gasteiger partial charge in [0.25, 0.3) is 0 Å². The Bertz CT molecular complexity index is 515. The molecule has 1 aromatic rings. The van der Waals surface area contributed by atoms with E-state index in [9.17, 15) is 8.42 Å². The Morgan fingerprint density at radius 1 is 1.22 bits per heavy atom. The van der Waals surface area contributed by atoms with E-state index in [0.717, 1.165) is 0 Å². The zero-order valence-electron chi connectivity index (χ0n) is 10.6. The first-order chi connectivity index (χ1) is 8.21. The van der Waals surface area contributed by atoms with Crippen molar-refractivity contribution in [3.63, 3.8) is 0 Å². The maximum atomic E-state index is 11.9. The summed E-state index contributed by atoms with van der Waals surface area (Å²) in [5, 5.41) is 0.856. The minimum absolute atomic E-state index is 0.110. The molecule has 0 saturated heterocycles. The molecule has 0 heterocycles. The van der Waals surface area contributed by atoms with Crippen molar-refractivity contribution in [2.75, 3.05) is 0 Å². The minimum atomic E-state index is -3.39. The van der Waals surface area contributed by atoms with Gasteiger partial charge in [-0.15, -0.1) is 0 Å². The highest BCUT2D eigenvalue weighted by molar-refractivity contribution is 7.88. The molecule has 0 unspecified atom stereocenters. The second kappa shape index (κ2) is 6.24. The van der Waals surface area contributed by atoms with E-state index in [4.69, 9.17) is 23.2 Å². The molecular weight excluding hydrogens is 293 g/mol. The van der Waals surface area contributed by atoms with Gasteiger partial charge in [0.15, 0.2) is 0 Å². The van der Waals surface area contributed by atoms with Crippen LogP contribution in [0, 0.1) is 5.92 Å². The lowest BCUT2D eigenvalue weighted by Gasteiger charge is -2.17. The molecule has 0 radical (unpaired) electrons. The standard InChI is InChI=1S/C12H17Cl2NO2S/c1-8(2)9(3)15-18(16,17)7-10-4-5-11(13)6-12(10)14/h4-6,8-9,15H,7H2,1-3H3/t9-/m0/s1. The predicted molar refractivity (Wildman–Crippen MR) is 76.5 cm³/mol. The van der Waals surface area contributed by atoms with Crippen LogP contribution in [0.2, 0.25) is 10.0 Å². The lowest BCUT2D eigenvalue weighted by atomic mass is 10.1. The monoisotopic (exact) mass is 309 g/mol. The first-order valence-electron chi connectivity index (χ1n) is 5.65. The molecule has 18 heavy (non-hydrogen) atoms. The van der Waals surface area contributed by atoms with Crippen LogP contribution in [0.4, 0.5) is 0 Å². The van der Waals surface area contributed by atoms with Crippen LogP contribution in [-0.2, 0) is 15.8 Å². The molecule has 0 amide bonds. The van der Waals surface area contributed by atoms with E-state index in [2.05, 4.69) is 4.72 Å². The van der Waals surface area contributed by atoms with Crippen molar-refractivity contribution >= 4 is 33.2 Å². The Morgan fingerprint density at radius 2 is 1.83 bits per heavy atom. The van der Waals surface area contributed by atoms with E-state index in [1.54, 1.807) is 18.2 Å². The van der Waals surface area contributed by atoms with E-state index in [-0.39, 0.29) is 17.7 Å². The normalized spacial score (nSPS) is 13.9. The quantitative estimate of drug-likeness (QED) is 0.905. The molecule has 0 saturated carbocycles. The third-order valence-corrected chi connectivity index (χ3v) is 4.73. The van der Waals surface area contributed by atoms with Crippen molar-refractivity contribution in [1.29, 1.82) is 0 Å². The van der Waals surface area contributed by atoms with Gasteiger partial charge in [-0.05, 0) is 30.5 Å². The van der Waals surface area contributed by atoms with Crippen molar-refractivity contribution < 1.29 is 8.42 Å². The molecule has 0 spiro atoms. The number of hydrogen-bond acceptors (Lipinski definition) is 2. The van der Waals surface area contributed by atoms with Crippen molar-refractivity contribution in [1.82, 2.24) is 4.72 Å². The summed E-state index contributed by atoms with van der Waals surface area (Å²) in [4.78, 5) is 0. The van der Waals surface area contributed by atoms with Crippen LogP contribution in [0.5, 0.6) is 0 Å². The van der Waals surface area contributed by atoms with Crippen LogP contribution in [0.3, 0.4) is 0 Å². The molecule has 6 heteroatoms. The number of nitrogens with one attached hydrogen (secondary N) is 1. The zero-order valence-corrected chi connectivity index (χ0v) is 12.9. The van der Waals surface area contributed by atoms with E-state index in [1.165, 1.54) is 0 Å². The van der Waals surface area contributed by atoms with E-state index in [0.29, 0.717) is 15.6 Å². The van der Waals surface area contributed by atoms with E-state index in [1.807, 2.05) is 20.8 Å². The molecule has 0 aliphatic rings. The third kappa shape index (κ3) is 4.76. The van der Waals surface area contributed by atoms with Crippen molar-refractivity contribution in [3.8, 4) is 0 Å². The molecule has 1 rings (SSSR count). The molecule has 1 N–H and O–H groups in total. The molecule has 3 nitrogen and oxygen atoms in total. The number of hydrogen-bond donors (Lipinski definition) is 1. The molecule has 1 aromatic carbocycles. The highest BCUT2D eigenvalue weighted by Crippen LogP contribution is 2.22. The minimum Gasteiger partial charge on any atom is -0.212 e. The Morgan fingerprint density at radius 3 is 2.33 bits per heavy atom. The van der Waals surface area contributed by atoms with Crippen LogP contribution < -0.4 is 4.72 Å². The highest BCUT2D eigenvalue weighted by atomic mass is 35.5. The van der Waals surface area contributed by atoms with Gasteiger partial charge in [-0.1, -0.05) is 43.1 Å². The first-order valence-corrected chi connectivity index (χ1v) is 8.06. The summed E-state index contributed by atoms with van der Waals surface area (Å²) in [7, 11) is -3.39.